The van der Waals surface area contributed by atoms with E-state index >= 15 is 0 Å². The monoisotopic (exact) mass is 522 g/mol. The van der Waals surface area contributed by atoms with E-state index in [0.717, 1.165) is 16.8 Å². The number of ether oxygens (including phenoxy) is 1. The van der Waals surface area contributed by atoms with Gasteiger partial charge in [-0.3, -0.25) is 9.59 Å². The molecule has 0 saturated carbocycles. The molecule has 198 valence electrons. The molecule has 0 bridgehead atoms. The number of nitrogens with zero attached hydrogens (tertiary/aromatic N) is 2. The van der Waals surface area contributed by atoms with Gasteiger partial charge in [-0.05, 0) is 66.6 Å². The van der Waals surface area contributed by atoms with Gasteiger partial charge < -0.3 is 24.1 Å². The third-order valence-corrected chi connectivity index (χ3v) is 6.79. The molecule has 1 amide bonds. The lowest BCUT2D eigenvalue weighted by Gasteiger charge is -2.25. The van der Waals surface area contributed by atoms with Gasteiger partial charge in [0, 0.05) is 25.3 Å². The number of furan rings is 1. The summed E-state index contributed by atoms with van der Waals surface area (Å²) in [6, 6.07) is 25.2. The van der Waals surface area contributed by atoms with Crippen LogP contribution in [0.5, 0.6) is 5.75 Å². The topological polar surface area (TPSA) is 83.2 Å². The summed E-state index contributed by atoms with van der Waals surface area (Å²) in [7, 11) is 3.87. The molecule has 2 heterocycles. The fourth-order valence-corrected chi connectivity index (χ4v) is 4.75. The Labute approximate surface area is 227 Å². The van der Waals surface area contributed by atoms with Gasteiger partial charge in [0.2, 0.25) is 0 Å². The van der Waals surface area contributed by atoms with Gasteiger partial charge in [-0.25, -0.2) is 0 Å². The van der Waals surface area contributed by atoms with Gasteiger partial charge in [0.25, 0.3) is 11.7 Å². The Bertz CT molecular complexity index is 1500. The molecule has 1 N–H and O–H groups in total. The number of aryl methyl sites for hydroxylation is 1. The van der Waals surface area contributed by atoms with Crippen LogP contribution in [-0.4, -0.2) is 35.8 Å². The van der Waals surface area contributed by atoms with Gasteiger partial charge >= 0.3 is 0 Å². The van der Waals surface area contributed by atoms with Gasteiger partial charge in [-0.1, -0.05) is 42.0 Å². The number of Topliss-reactive ketones (excluding diaryl/α,β-unsaturated/α-hetero) is 1. The summed E-state index contributed by atoms with van der Waals surface area (Å²) >= 11 is 0. The van der Waals surface area contributed by atoms with E-state index in [1.165, 1.54) is 11.2 Å². The largest absolute Gasteiger partial charge is 0.507 e. The minimum atomic E-state index is -0.774. The molecule has 1 fully saturated rings. The lowest BCUT2D eigenvalue weighted by molar-refractivity contribution is -0.140. The highest BCUT2D eigenvalue weighted by Crippen LogP contribution is 2.41. The van der Waals surface area contributed by atoms with Crippen LogP contribution < -0.4 is 9.64 Å². The van der Waals surface area contributed by atoms with Crippen molar-refractivity contribution in [3.05, 3.63) is 125 Å². The molecule has 1 atom stereocenters. The number of benzene rings is 3. The Balaban J connectivity index is 1.47. The number of carbonyl (C=O) groups excluding carboxylic acids is 2. The zero-order chi connectivity index (χ0) is 27.5. The van der Waals surface area contributed by atoms with Crippen molar-refractivity contribution in [2.45, 2.75) is 26.1 Å². The van der Waals surface area contributed by atoms with E-state index in [1.54, 1.807) is 36.4 Å². The van der Waals surface area contributed by atoms with E-state index in [0.29, 0.717) is 29.2 Å². The highest BCUT2D eigenvalue weighted by Gasteiger charge is 2.46. The molecule has 7 heteroatoms. The first-order chi connectivity index (χ1) is 18.8. The normalized spacial score (nSPS) is 16.5. The smallest absolute Gasteiger partial charge is 0.296 e. The van der Waals surface area contributed by atoms with Crippen LogP contribution in [0.25, 0.3) is 5.76 Å². The summed E-state index contributed by atoms with van der Waals surface area (Å²) in [5.41, 5.74) is 4.36. The molecule has 0 spiro atoms. The summed E-state index contributed by atoms with van der Waals surface area (Å²) in [6.45, 7) is 2.54. The summed E-state index contributed by atoms with van der Waals surface area (Å²) in [4.78, 5) is 29.9. The number of rotatable bonds is 8. The average molecular weight is 523 g/mol. The van der Waals surface area contributed by atoms with Crippen molar-refractivity contribution in [1.82, 2.24) is 4.90 Å². The molecular formula is C32H30N2O5. The molecule has 1 aliphatic rings. The minimum Gasteiger partial charge on any atom is -0.507 e. The summed E-state index contributed by atoms with van der Waals surface area (Å²) in [6.07, 6.45) is 1.52. The lowest BCUT2D eigenvalue weighted by atomic mass is 9.95. The van der Waals surface area contributed by atoms with Gasteiger partial charge in [-0.2, -0.15) is 0 Å². The Kier molecular flexibility index (Phi) is 7.23. The first-order valence-electron chi connectivity index (χ1n) is 12.7. The van der Waals surface area contributed by atoms with E-state index in [1.807, 2.05) is 68.4 Å². The van der Waals surface area contributed by atoms with Crippen LogP contribution >= 0.6 is 0 Å². The van der Waals surface area contributed by atoms with E-state index in [9.17, 15) is 14.7 Å². The molecule has 0 radical (unpaired) electrons. The number of hydrogen-bond acceptors (Lipinski definition) is 6. The Morgan fingerprint density at radius 1 is 0.974 bits per heavy atom. The quantitative estimate of drug-likeness (QED) is 0.177. The highest BCUT2D eigenvalue weighted by atomic mass is 16.5. The van der Waals surface area contributed by atoms with Gasteiger partial charge in [0.1, 0.15) is 23.9 Å². The summed E-state index contributed by atoms with van der Waals surface area (Å²) in [5, 5.41) is 11.4. The maximum Gasteiger partial charge on any atom is 0.296 e. The van der Waals surface area contributed by atoms with Crippen LogP contribution in [0, 0.1) is 6.92 Å². The van der Waals surface area contributed by atoms with E-state index < -0.39 is 17.7 Å². The lowest BCUT2D eigenvalue weighted by Crippen LogP contribution is -2.29. The van der Waals surface area contributed by atoms with Crippen molar-refractivity contribution in [2.75, 3.05) is 19.0 Å². The molecule has 5 rings (SSSR count). The maximum absolute atomic E-state index is 13.3. The molecular weight excluding hydrogens is 492 g/mol. The minimum absolute atomic E-state index is 0.0394. The zero-order valence-electron chi connectivity index (χ0n) is 22.1. The third kappa shape index (κ3) is 5.43. The fraction of sp³-hybridized carbons (Fsp3) is 0.188. The van der Waals surface area contributed by atoms with Crippen LogP contribution in [0.2, 0.25) is 0 Å². The number of amides is 1. The molecule has 1 aliphatic heterocycles. The number of hydrogen-bond donors (Lipinski definition) is 1. The van der Waals surface area contributed by atoms with Crippen molar-refractivity contribution in [3.8, 4) is 5.75 Å². The van der Waals surface area contributed by atoms with E-state index in [-0.39, 0.29) is 17.9 Å². The number of carbonyl (C=O) groups is 2. The Morgan fingerprint density at radius 3 is 2.36 bits per heavy atom. The van der Waals surface area contributed by atoms with Crippen LogP contribution in [0.15, 0.2) is 101 Å². The number of aliphatic hydroxyl groups excluding tert-OH is 1. The first kappa shape index (κ1) is 25.9. The molecule has 7 nitrogen and oxygen atoms in total. The van der Waals surface area contributed by atoms with Crippen molar-refractivity contribution >= 4 is 23.1 Å². The molecule has 1 aromatic heterocycles. The maximum atomic E-state index is 13.3. The van der Waals surface area contributed by atoms with Gasteiger partial charge in [0.15, 0.2) is 0 Å². The number of anilines is 1. The predicted octanol–water partition coefficient (Wildman–Crippen LogP) is 5.85. The number of ketones is 1. The highest BCUT2D eigenvalue weighted by molar-refractivity contribution is 6.46. The second-order valence-electron chi connectivity index (χ2n) is 9.79. The van der Waals surface area contributed by atoms with Crippen molar-refractivity contribution in [2.24, 2.45) is 0 Å². The number of aliphatic hydroxyl groups is 1. The molecule has 39 heavy (non-hydrogen) atoms. The Hall–Kier alpha value is -4.78. The molecule has 1 unspecified atom stereocenters. The van der Waals surface area contributed by atoms with Crippen molar-refractivity contribution < 1.29 is 23.8 Å². The van der Waals surface area contributed by atoms with Crippen molar-refractivity contribution in [3.63, 3.8) is 0 Å². The second-order valence-corrected chi connectivity index (χ2v) is 9.79. The van der Waals surface area contributed by atoms with Gasteiger partial charge in [-0.15, -0.1) is 0 Å². The average Bonchev–Trinajstić information content (AvgIpc) is 3.54. The third-order valence-electron chi connectivity index (χ3n) is 6.79. The van der Waals surface area contributed by atoms with Crippen LogP contribution in [0.3, 0.4) is 0 Å². The van der Waals surface area contributed by atoms with E-state index in [4.69, 9.17) is 9.15 Å². The molecule has 3 aromatic carbocycles. The van der Waals surface area contributed by atoms with Crippen LogP contribution in [-0.2, 0) is 22.7 Å². The second kappa shape index (κ2) is 10.9. The fourth-order valence-electron chi connectivity index (χ4n) is 4.75. The molecule has 0 aliphatic carbocycles. The van der Waals surface area contributed by atoms with Crippen molar-refractivity contribution in [1.29, 1.82) is 0 Å². The molecule has 1 saturated heterocycles. The molecule has 4 aromatic rings. The zero-order valence-corrected chi connectivity index (χ0v) is 22.1. The van der Waals surface area contributed by atoms with Gasteiger partial charge in [0.05, 0.1) is 24.4 Å². The predicted molar refractivity (Wildman–Crippen MR) is 149 cm³/mol. The SMILES string of the molecule is Cc1cccc(COc2ccc(/C(O)=C3/C(=O)C(=O)N(Cc4ccco4)C3c3ccc(N(C)C)cc3)cc2)c1. The van der Waals surface area contributed by atoms with Crippen LogP contribution in [0.1, 0.15) is 34.1 Å². The number of likely N-dealkylation sites (tertiary alicyclic amines) is 1. The standard InChI is InChI=1S/C32H30N2O5/c1-21-6-4-7-22(18-21)20-39-26-15-11-24(12-16-26)30(35)28-29(23-9-13-25(14-10-23)33(2)3)34(32(37)31(28)36)19-27-8-5-17-38-27/h4-18,29,35H,19-20H2,1-3H3/b30-28-. The Morgan fingerprint density at radius 2 is 1.72 bits per heavy atom. The van der Waals surface area contributed by atoms with E-state index in [2.05, 4.69) is 6.07 Å². The summed E-state index contributed by atoms with van der Waals surface area (Å²) < 4.78 is 11.4. The van der Waals surface area contributed by atoms with Crippen LogP contribution in [0.4, 0.5) is 5.69 Å². The summed E-state index contributed by atoms with van der Waals surface area (Å²) in [5.74, 6) is -0.487. The first-order valence-corrected chi connectivity index (χ1v) is 12.7.